The Morgan fingerprint density at radius 3 is 2.50 bits per heavy atom. The van der Waals surface area contributed by atoms with Crippen molar-refractivity contribution in [2.75, 3.05) is 13.1 Å². The number of aryl methyl sites for hydroxylation is 1. The van der Waals surface area contributed by atoms with Crippen LogP contribution in [0.15, 0.2) is 35.2 Å². The molecule has 11 heteroatoms. The van der Waals surface area contributed by atoms with E-state index in [1.54, 1.807) is 19.1 Å². The number of thiocarbonyl (C=S) groups is 1. The van der Waals surface area contributed by atoms with Crippen LogP contribution >= 0.6 is 12.2 Å². The molecule has 160 valence electrons. The van der Waals surface area contributed by atoms with E-state index < -0.39 is 16.0 Å². The first-order chi connectivity index (χ1) is 14.2. The Morgan fingerprint density at radius 1 is 1.27 bits per heavy atom. The Hall–Kier alpha value is -2.79. The maximum Gasteiger partial charge on any atom is 0.356 e. The highest BCUT2D eigenvalue weighted by Gasteiger charge is 2.36. The fourth-order valence-electron chi connectivity index (χ4n) is 3.16. The van der Waals surface area contributed by atoms with Gasteiger partial charge in [0.05, 0.1) is 10.6 Å². The Morgan fingerprint density at radius 2 is 1.93 bits per heavy atom. The summed E-state index contributed by atoms with van der Waals surface area (Å²) in [6, 6.07) is 7.36. The van der Waals surface area contributed by atoms with Crippen molar-refractivity contribution in [1.29, 1.82) is 0 Å². The largest absolute Gasteiger partial charge is 0.476 e. The fraction of sp³-hybridized carbons (Fsp3) is 0.368. The predicted molar refractivity (Wildman–Crippen MR) is 113 cm³/mol. The SMILES string of the molecule is CCCCN1C(=O)CCN(S(=O)(=O)c2ccc(-n3nc(C(=O)O)cc3C)cc2)C1=S. The van der Waals surface area contributed by atoms with Crippen molar-refractivity contribution in [1.82, 2.24) is 19.0 Å². The van der Waals surface area contributed by atoms with Crippen molar-refractivity contribution in [3.63, 3.8) is 0 Å². The minimum atomic E-state index is -3.94. The zero-order chi connectivity index (χ0) is 22.1. The van der Waals surface area contributed by atoms with E-state index in [2.05, 4.69) is 5.10 Å². The molecule has 30 heavy (non-hydrogen) atoms. The van der Waals surface area contributed by atoms with E-state index in [-0.39, 0.29) is 34.6 Å². The zero-order valence-corrected chi connectivity index (χ0v) is 18.2. The maximum absolute atomic E-state index is 13.1. The minimum Gasteiger partial charge on any atom is -0.476 e. The van der Waals surface area contributed by atoms with Crippen LogP contribution in [0.1, 0.15) is 42.4 Å². The smallest absolute Gasteiger partial charge is 0.356 e. The third-order valence-electron chi connectivity index (χ3n) is 4.79. The number of carbonyl (C=O) groups excluding carboxylic acids is 1. The molecule has 0 unspecified atom stereocenters. The van der Waals surface area contributed by atoms with E-state index in [1.807, 2.05) is 6.92 Å². The second-order valence-corrected chi connectivity index (χ2v) is 9.12. The topological polar surface area (TPSA) is 113 Å². The molecule has 2 heterocycles. The summed E-state index contributed by atoms with van der Waals surface area (Å²) in [5.74, 6) is -1.31. The van der Waals surface area contributed by atoms with Gasteiger partial charge in [-0.3, -0.25) is 9.69 Å². The number of carboxylic acid groups (broad SMARTS) is 1. The number of carbonyl (C=O) groups is 2. The normalized spacial score (nSPS) is 15.0. The summed E-state index contributed by atoms with van der Waals surface area (Å²) in [5.41, 5.74) is 1.03. The lowest BCUT2D eigenvalue weighted by atomic mass is 10.2. The molecule has 1 N–H and O–H groups in total. The monoisotopic (exact) mass is 450 g/mol. The van der Waals surface area contributed by atoms with Gasteiger partial charge >= 0.3 is 5.97 Å². The number of hydrogen-bond acceptors (Lipinski definition) is 6. The maximum atomic E-state index is 13.1. The number of aromatic nitrogens is 2. The summed E-state index contributed by atoms with van der Waals surface area (Å²) < 4.78 is 28.8. The molecule has 1 saturated heterocycles. The summed E-state index contributed by atoms with van der Waals surface area (Å²) in [6.07, 6.45) is 1.67. The highest BCUT2D eigenvalue weighted by molar-refractivity contribution is 7.91. The minimum absolute atomic E-state index is 0.00204. The van der Waals surface area contributed by atoms with Gasteiger partial charge in [0.15, 0.2) is 10.8 Å². The number of unbranched alkanes of at least 4 members (excludes halogenated alkanes) is 1. The molecule has 2 aromatic rings. The number of benzene rings is 1. The van der Waals surface area contributed by atoms with Crippen LogP contribution in [0.25, 0.3) is 5.69 Å². The van der Waals surface area contributed by atoms with Crippen molar-refractivity contribution < 1.29 is 23.1 Å². The molecule has 3 rings (SSSR count). The van der Waals surface area contributed by atoms with Crippen molar-refractivity contribution in [3.05, 3.63) is 41.7 Å². The molecule has 0 saturated carbocycles. The van der Waals surface area contributed by atoms with Gasteiger partial charge in [0, 0.05) is 25.2 Å². The molecule has 0 aliphatic carbocycles. The van der Waals surface area contributed by atoms with E-state index in [4.69, 9.17) is 17.3 Å². The third kappa shape index (κ3) is 4.08. The van der Waals surface area contributed by atoms with E-state index in [9.17, 15) is 18.0 Å². The number of amides is 1. The van der Waals surface area contributed by atoms with Crippen LogP contribution < -0.4 is 0 Å². The van der Waals surface area contributed by atoms with Gasteiger partial charge in [0.25, 0.3) is 10.0 Å². The Kier molecular flexibility index (Phi) is 6.22. The van der Waals surface area contributed by atoms with Gasteiger partial charge in [-0.25, -0.2) is 22.2 Å². The van der Waals surface area contributed by atoms with Crippen LogP contribution in [0.3, 0.4) is 0 Å². The summed E-state index contributed by atoms with van der Waals surface area (Å²) in [7, 11) is -3.94. The fourth-order valence-corrected chi connectivity index (χ4v) is 5.10. The molecule has 1 aliphatic heterocycles. The highest BCUT2D eigenvalue weighted by Crippen LogP contribution is 2.23. The van der Waals surface area contributed by atoms with Crippen LogP contribution in [-0.2, 0) is 14.8 Å². The Labute approximate surface area is 179 Å². The lowest BCUT2D eigenvalue weighted by molar-refractivity contribution is -0.128. The molecule has 0 bridgehead atoms. The van der Waals surface area contributed by atoms with E-state index in [1.165, 1.54) is 27.8 Å². The van der Waals surface area contributed by atoms with Gasteiger partial charge in [0.1, 0.15) is 0 Å². The standard InChI is InChI=1S/C19H22N4O5S2/c1-3-4-10-21-17(24)9-11-22(19(21)29)30(27,28)15-7-5-14(6-8-15)23-13(2)12-16(20-23)18(25)26/h5-8,12H,3-4,9-11H2,1-2H3,(H,25,26). The molecule has 0 spiro atoms. The van der Waals surface area contributed by atoms with Crippen LogP contribution in [0, 0.1) is 6.92 Å². The predicted octanol–water partition coefficient (Wildman–Crippen LogP) is 2.19. The summed E-state index contributed by atoms with van der Waals surface area (Å²) in [5, 5.41) is 13.1. The van der Waals surface area contributed by atoms with Crippen molar-refractivity contribution >= 4 is 39.2 Å². The van der Waals surface area contributed by atoms with Gasteiger partial charge < -0.3 is 5.11 Å². The number of sulfonamides is 1. The molecular weight excluding hydrogens is 428 g/mol. The van der Waals surface area contributed by atoms with Crippen LogP contribution in [0.2, 0.25) is 0 Å². The van der Waals surface area contributed by atoms with Crippen molar-refractivity contribution in [2.45, 2.75) is 38.0 Å². The second-order valence-electron chi connectivity index (χ2n) is 6.89. The molecule has 0 radical (unpaired) electrons. The molecular formula is C19H22N4O5S2. The van der Waals surface area contributed by atoms with Crippen LogP contribution in [-0.4, -0.2) is 62.6 Å². The number of carboxylic acids is 1. The van der Waals surface area contributed by atoms with Crippen molar-refractivity contribution in [3.8, 4) is 5.69 Å². The molecule has 1 fully saturated rings. The quantitative estimate of drug-likeness (QED) is 0.643. The number of aromatic carboxylic acids is 1. The van der Waals surface area contributed by atoms with Crippen LogP contribution in [0.4, 0.5) is 0 Å². The molecule has 1 aliphatic rings. The number of hydrogen-bond donors (Lipinski definition) is 1. The highest BCUT2D eigenvalue weighted by atomic mass is 32.2. The molecule has 1 amide bonds. The molecule has 1 aromatic carbocycles. The number of nitrogens with zero attached hydrogens (tertiary/aromatic N) is 4. The van der Waals surface area contributed by atoms with E-state index in [0.717, 1.165) is 17.1 Å². The number of rotatable bonds is 7. The van der Waals surface area contributed by atoms with Gasteiger partial charge in [-0.15, -0.1) is 0 Å². The average molecular weight is 451 g/mol. The van der Waals surface area contributed by atoms with E-state index in [0.29, 0.717) is 17.9 Å². The molecule has 1 aromatic heterocycles. The summed E-state index contributed by atoms with van der Waals surface area (Å²) in [6.45, 7) is 4.08. The Bertz CT molecular complexity index is 1090. The van der Waals surface area contributed by atoms with E-state index >= 15 is 0 Å². The first-order valence-corrected chi connectivity index (χ1v) is 11.3. The summed E-state index contributed by atoms with van der Waals surface area (Å²) >= 11 is 5.32. The van der Waals surface area contributed by atoms with Gasteiger partial charge in [-0.1, -0.05) is 13.3 Å². The summed E-state index contributed by atoms with van der Waals surface area (Å²) in [4.78, 5) is 24.7. The average Bonchev–Trinajstić information content (AvgIpc) is 3.10. The first-order valence-electron chi connectivity index (χ1n) is 9.44. The molecule has 9 nitrogen and oxygen atoms in total. The first kappa shape index (κ1) is 21.9. The zero-order valence-electron chi connectivity index (χ0n) is 16.6. The lowest BCUT2D eigenvalue weighted by Gasteiger charge is -2.36. The third-order valence-corrected chi connectivity index (χ3v) is 7.15. The van der Waals surface area contributed by atoms with Crippen molar-refractivity contribution in [2.24, 2.45) is 0 Å². The van der Waals surface area contributed by atoms with Crippen LogP contribution in [0.5, 0.6) is 0 Å². The molecule has 0 atom stereocenters. The van der Waals surface area contributed by atoms with Gasteiger partial charge in [0.2, 0.25) is 5.91 Å². The Balaban J connectivity index is 1.87. The lowest BCUT2D eigenvalue weighted by Crippen LogP contribution is -2.54. The second kappa shape index (κ2) is 8.52. The van der Waals surface area contributed by atoms with Gasteiger partial charge in [-0.2, -0.15) is 5.10 Å². The van der Waals surface area contributed by atoms with Gasteiger partial charge in [-0.05, 0) is 55.9 Å².